The molecule has 36 heavy (non-hydrogen) atoms. The minimum absolute atomic E-state index is 0.0606. The number of hydrogen-bond acceptors (Lipinski definition) is 5. The molecule has 0 spiro atoms. The van der Waals surface area contributed by atoms with Gasteiger partial charge in [-0.1, -0.05) is 6.92 Å². The van der Waals surface area contributed by atoms with E-state index in [1.807, 2.05) is 23.0 Å². The largest absolute Gasteiger partial charge is 0.360 e. The summed E-state index contributed by atoms with van der Waals surface area (Å²) in [5, 5.41) is 0. The molecule has 3 unspecified atom stereocenters. The van der Waals surface area contributed by atoms with Gasteiger partial charge in [0, 0.05) is 35.8 Å². The van der Waals surface area contributed by atoms with Crippen molar-refractivity contribution in [3.63, 3.8) is 0 Å². The lowest BCUT2D eigenvalue weighted by Crippen LogP contribution is -2.61. The summed E-state index contributed by atoms with van der Waals surface area (Å²) in [6.45, 7) is 1.68. The van der Waals surface area contributed by atoms with E-state index in [4.69, 9.17) is 4.74 Å². The summed E-state index contributed by atoms with van der Waals surface area (Å²) in [5.74, 6) is -1.65. The van der Waals surface area contributed by atoms with Crippen LogP contribution in [0.1, 0.15) is 31.4 Å². The maximum absolute atomic E-state index is 13.2. The molecule has 2 fully saturated rings. The van der Waals surface area contributed by atoms with Crippen LogP contribution in [0.5, 0.6) is 0 Å². The molecule has 1 aliphatic carbocycles. The zero-order valence-corrected chi connectivity index (χ0v) is 22.7. The monoisotopic (exact) mass is 544 g/mol. The smallest absolute Gasteiger partial charge is 0.280 e. The van der Waals surface area contributed by atoms with Gasteiger partial charge in [-0.2, -0.15) is 17.4 Å². The summed E-state index contributed by atoms with van der Waals surface area (Å²) in [6, 6.07) is 1.68. The Morgan fingerprint density at radius 1 is 1.17 bits per heavy atom. The van der Waals surface area contributed by atoms with Crippen LogP contribution in [-0.2, 0) is 21.7 Å². The van der Waals surface area contributed by atoms with Crippen LogP contribution in [0.4, 0.5) is 8.78 Å². The highest BCUT2D eigenvalue weighted by molar-refractivity contribution is 8.32. The standard InChI is InChI=1S/C23H34F2N6O3S2/c1-16-9-17(28-36(32,33)30-13-23(24,25)14-30)10-18(16)20-11-26-21-12-27-22-19(31(20)21)5-6-29(22)15-34-7-8-35(2,3)4/h5-6,11-12,16-18,28H,7-10,13-15H2,1-4H3. The molecule has 200 valence electrons. The van der Waals surface area contributed by atoms with Crippen LogP contribution < -0.4 is 4.72 Å². The Morgan fingerprint density at radius 2 is 1.92 bits per heavy atom. The second-order valence-electron chi connectivity index (χ2n) is 11.0. The lowest BCUT2D eigenvalue weighted by atomic mass is 9.95. The average molecular weight is 545 g/mol. The van der Waals surface area contributed by atoms with Crippen LogP contribution in [0, 0.1) is 5.92 Å². The van der Waals surface area contributed by atoms with Gasteiger partial charge in [-0.05, 0) is 43.6 Å². The Balaban J connectivity index is 1.33. The van der Waals surface area contributed by atoms with Crippen LogP contribution in [-0.4, -0.2) is 87.8 Å². The molecule has 1 saturated heterocycles. The summed E-state index contributed by atoms with van der Waals surface area (Å²) in [7, 11) is -4.55. The topological polar surface area (TPSA) is 93.8 Å². The number of imidazole rings is 1. The van der Waals surface area contributed by atoms with Gasteiger partial charge in [-0.15, -0.1) is 0 Å². The number of alkyl halides is 2. The third kappa shape index (κ3) is 5.13. The van der Waals surface area contributed by atoms with Crippen LogP contribution >= 0.6 is 10.0 Å². The van der Waals surface area contributed by atoms with Gasteiger partial charge in [0.05, 0.1) is 31.4 Å². The van der Waals surface area contributed by atoms with E-state index in [0.717, 1.165) is 32.6 Å². The van der Waals surface area contributed by atoms with Gasteiger partial charge < -0.3 is 9.30 Å². The molecule has 9 nitrogen and oxygen atoms in total. The van der Waals surface area contributed by atoms with Gasteiger partial charge in [-0.3, -0.25) is 4.40 Å². The van der Waals surface area contributed by atoms with Gasteiger partial charge in [0.25, 0.3) is 16.1 Å². The molecule has 2 aliphatic rings. The van der Waals surface area contributed by atoms with Crippen molar-refractivity contribution >= 4 is 37.0 Å². The fraction of sp³-hybridized carbons (Fsp3) is 0.652. The number of rotatable bonds is 9. The highest BCUT2D eigenvalue weighted by Crippen LogP contribution is 2.41. The Kier molecular flexibility index (Phi) is 6.60. The maximum atomic E-state index is 13.2. The third-order valence-electron chi connectivity index (χ3n) is 7.08. The fourth-order valence-electron chi connectivity index (χ4n) is 5.14. The minimum atomic E-state index is -3.93. The van der Waals surface area contributed by atoms with Crippen molar-refractivity contribution in [1.82, 2.24) is 28.0 Å². The van der Waals surface area contributed by atoms with Crippen LogP contribution in [0.2, 0.25) is 0 Å². The second kappa shape index (κ2) is 9.19. The molecule has 0 radical (unpaired) electrons. The minimum Gasteiger partial charge on any atom is -0.360 e. The molecule has 0 aromatic carbocycles. The number of fused-ring (bicyclic) bond motifs is 3. The molecule has 0 amide bonds. The number of aromatic nitrogens is 4. The molecule has 4 heterocycles. The van der Waals surface area contributed by atoms with Crippen molar-refractivity contribution in [2.75, 3.05) is 44.2 Å². The quantitative estimate of drug-likeness (QED) is 0.418. The molecule has 1 N–H and O–H groups in total. The van der Waals surface area contributed by atoms with E-state index < -0.39 is 39.2 Å². The molecule has 3 atom stereocenters. The highest BCUT2D eigenvalue weighted by atomic mass is 32.3. The third-order valence-corrected chi connectivity index (χ3v) is 10.0. The molecule has 5 rings (SSSR count). The van der Waals surface area contributed by atoms with Crippen LogP contribution in [0.3, 0.4) is 0 Å². The van der Waals surface area contributed by atoms with Gasteiger partial charge in [0.2, 0.25) is 0 Å². The zero-order valence-electron chi connectivity index (χ0n) is 21.0. The van der Waals surface area contributed by atoms with Crippen molar-refractivity contribution in [3.05, 3.63) is 30.4 Å². The van der Waals surface area contributed by atoms with Crippen molar-refractivity contribution in [1.29, 1.82) is 0 Å². The van der Waals surface area contributed by atoms with E-state index in [0.29, 0.717) is 26.2 Å². The van der Waals surface area contributed by atoms with Gasteiger partial charge in [0.1, 0.15) is 6.73 Å². The normalized spacial score (nSPS) is 25.6. The number of hydrogen-bond donors (Lipinski definition) is 1. The van der Waals surface area contributed by atoms with Crippen molar-refractivity contribution in [3.8, 4) is 0 Å². The SMILES string of the molecule is CC1CC(NS(=O)(=O)N2CC(F)(F)C2)CC1c1cnc2cnc3c(ccn3COCCS(C)(C)C)n12. The Morgan fingerprint density at radius 3 is 2.61 bits per heavy atom. The molecule has 3 aromatic rings. The second-order valence-corrected chi connectivity index (χ2v) is 17.3. The molecule has 1 saturated carbocycles. The summed E-state index contributed by atoms with van der Waals surface area (Å²) in [6.07, 6.45) is 13.5. The van der Waals surface area contributed by atoms with E-state index in [1.165, 1.54) is 0 Å². The molecule has 13 heteroatoms. The van der Waals surface area contributed by atoms with Crippen molar-refractivity contribution < 1.29 is 21.9 Å². The van der Waals surface area contributed by atoms with Crippen LogP contribution in [0.25, 0.3) is 16.8 Å². The van der Waals surface area contributed by atoms with Crippen molar-refractivity contribution in [2.45, 2.75) is 44.4 Å². The Bertz CT molecular complexity index is 1360. The average Bonchev–Trinajstić information content (AvgIpc) is 3.44. The fourth-order valence-corrected chi connectivity index (χ4v) is 7.24. The van der Waals surface area contributed by atoms with Gasteiger partial charge >= 0.3 is 0 Å². The molecule has 0 bridgehead atoms. The summed E-state index contributed by atoms with van der Waals surface area (Å²) in [4.78, 5) is 9.17. The van der Waals surface area contributed by atoms with E-state index in [-0.39, 0.29) is 17.9 Å². The molecular formula is C23H34F2N6O3S2. The Labute approximate surface area is 211 Å². The first-order valence-electron chi connectivity index (χ1n) is 12.0. The number of halogens is 2. The highest BCUT2D eigenvalue weighted by Gasteiger charge is 2.50. The first-order valence-corrected chi connectivity index (χ1v) is 16.5. The van der Waals surface area contributed by atoms with E-state index in [2.05, 4.69) is 44.8 Å². The zero-order chi connectivity index (χ0) is 25.9. The number of nitrogens with one attached hydrogen (secondary N) is 1. The molecule has 3 aromatic heterocycles. The van der Waals surface area contributed by atoms with Gasteiger partial charge in [0.15, 0.2) is 11.3 Å². The molecular weight excluding hydrogens is 510 g/mol. The number of ether oxygens (including phenoxy) is 1. The van der Waals surface area contributed by atoms with Crippen molar-refractivity contribution in [2.24, 2.45) is 5.92 Å². The van der Waals surface area contributed by atoms with E-state index in [9.17, 15) is 17.2 Å². The first kappa shape index (κ1) is 25.8. The maximum Gasteiger partial charge on any atom is 0.280 e. The summed E-state index contributed by atoms with van der Waals surface area (Å²) >= 11 is 0. The summed E-state index contributed by atoms with van der Waals surface area (Å²) < 4.78 is 64.9. The van der Waals surface area contributed by atoms with Gasteiger partial charge in [-0.25, -0.2) is 28.8 Å². The number of nitrogens with zero attached hydrogens (tertiary/aromatic N) is 5. The predicted molar refractivity (Wildman–Crippen MR) is 138 cm³/mol. The lowest BCUT2D eigenvalue weighted by Gasteiger charge is -2.37. The predicted octanol–water partition coefficient (Wildman–Crippen LogP) is 3.02. The first-order chi connectivity index (χ1) is 16.8. The van der Waals surface area contributed by atoms with E-state index >= 15 is 0 Å². The Hall–Kier alpha value is -1.80. The molecule has 1 aliphatic heterocycles. The summed E-state index contributed by atoms with van der Waals surface area (Å²) in [5.41, 5.74) is 3.44. The van der Waals surface area contributed by atoms with E-state index in [1.54, 1.807) is 6.20 Å². The van der Waals surface area contributed by atoms with Crippen LogP contribution in [0.15, 0.2) is 24.7 Å². The lowest BCUT2D eigenvalue weighted by molar-refractivity contribution is -0.0950.